The minimum atomic E-state index is 0. The summed E-state index contributed by atoms with van der Waals surface area (Å²) in [5.41, 5.74) is 0.0918. The molecule has 1 aromatic heterocycles. The number of ether oxygens (including phenoxy) is 1. The molecule has 0 aromatic carbocycles. The van der Waals surface area contributed by atoms with E-state index in [-0.39, 0.29) is 29.5 Å². The topological polar surface area (TPSA) is 52.1 Å². The maximum atomic E-state index is 5.48. The van der Waals surface area contributed by atoms with E-state index in [4.69, 9.17) is 4.74 Å². The Balaban J connectivity index is 0.00000300. The molecule has 0 aliphatic carbocycles. The molecular weight excluding hydrogens is 497 g/mol. The molecule has 6 nitrogen and oxygen atoms in total. The summed E-state index contributed by atoms with van der Waals surface area (Å²) < 4.78 is 5.48. The summed E-state index contributed by atoms with van der Waals surface area (Å²) in [5, 5.41) is 9.26. The number of hydrogen-bond acceptors (Lipinski definition) is 5. The molecule has 8 heteroatoms. The molecule has 2 aliphatic heterocycles. The number of likely N-dealkylation sites (tertiary alicyclic amines) is 1. The molecule has 2 fully saturated rings. The number of guanidine groups is 1. The van der Waals surface area contributed by atoms with Crippen molar-refractivity contribution < 1.29 is 4.74 Å². The van der Waals surface area contributed by atoms with Crippen LogP contribution in [0.5, 0.6) is 0 Å². The van der Waals surface area contributed by atoms with Gasteiger partial charge in [0, 0.05) is 50.2 Å². The van der Waals surface area contributed by atoms with E-state index < -0.39 is 0 Å². The molecule has 166 valence electrons. The number of halogens is 1. The number of aliphatic imine (C=N–C) groups is 1. The Bertz CT molecular complexity index is 596. The Kier molecular flexibility index (Phi) is 10.7. The van der Waals surface area contributed by atoms with Crippen LogP contribution < -0.4 is 10.6 Å². The normalized spacial score (nSPS) is 20.3. The van der Waals surface area contributed by atoms with Crippen LogP contribution in [-0.4, -0.2) is 80.8 Å². The highest BCUT2D eigenvalue weighted by atomic mass is 127. The third-order valence-electron chi connectivity index (χ3n) is 6.00. The Morgan fingerprint density at radius 3 is 2.55 bits per heavy atom. The highest BCUT2D eigenvalue weighted by molar-refractivity contribution is 14.0. The van der Waals surface area contributed by atoms with Crippen LogP contribution in [0.15, 0.2) is 22.5 Å². The number of piperidine rings is 1. The van der Waals surface area contributed by atoms with Crippen molar-refractivity contribution in [1.82, 2.24) is 20.4 Å². The van der Waals surface area contributed by atoms with Gasteiger partial charge in [-0.2, -0.15) is 0 Å². The highest BCUT2D eigenvalue weighted by Crippen LogP contribution is 2.20. The van der Waals surface area contributed by atoms with E-state index in [1.54, 1.807) is 0 Å². The van der Waals surface area contributed by atoms with Gasteiger partial charge in [-0.15, -0.1) is 35.3 Å². The molecule has 0 unspecified atom stereocenters. The summed E-state index contributed by atoms with van der Waals surface area (Å²) in [6.45, 7) is 13.7. The second kappa shape index (κ2) is 12.4. The smallest absolute Gasteiger partial charge is 0.191 e. The lowest BCUT2D eigenvalue weighted by Gasteiger charge is -2.41. The van der Waals surface area contributed by atoms with E-state index in [9.17, 15) is 0 Å². The maximum absolute atomic E-state index is 5.48. The van der Waals surface area contributed by atoms with Gasteiger partial charge in [-0.1, -0.05) is 6.07 Å². The summed E-state index contributed by atoms with van der Waals surface area (Å²) in [6.07, 6.45) is 2.52. The number of nitrogens with zero attached hydrogens (tertiary/aromatic N) is 3. The predicted molar refractivity (Wildman–Crippen MR) is 134 cm³/mol. The third-order valence-corrected chi connectivity index (χ3v) is 6.87. The van der Waals surface area contributed by atoms with Gasteiger partial charge < -0.3 is 15.4 Å². The van der Waals surface area contributed by atoms with Crippen molar-refractivity contribution in [3.63, 3.8) is 0 Å². The van der Waals surface area contributed by atoms with Gasteiger partial charge in [0.25, 0.3) is 0 Å². The molecule has 0 radical (unpaired) electrons. The van der Waals surface area contributed by atoms with Gasteiger partial charge in [0.2, 0.25) is 0 Å². The minimum absolute atomic E-state index is 0. The van der Waals surface area contributed by atoms with Crippen molar-refractivity contribution in [2.75, 3.05) is 59.5 Å². The molecule has 2 saturated heterocycles. The van der Waals surface area contributed by atoms with E-state index in [0.29, 0.717) is 0 Å². The van der Waals surface area contributed by atoms with E-state index in [1.165, 1.54) is 30.8 Å². The van der Waals surface area contributed by atoms with E-state index in [2.05, 4.69) is 56.8 Å². The number of hydrogen-bond donors (Lipinski definition) is 2. The van der Waals surface area contributed by atoms with Gasteiger partial charge in [0.05, 0.1) is 13.2 Å². The molecule has 0 spiro atoms. The largest absolute Gasteiger partial charge is 0.379 e. The van der Waals surface area contributed by atoms with Gasteiger partial charge in [-0.3, -0.25) is 14.8 Å². The van der Waals surface area contributed by atoms with Crippen molar-refractivity contribution in [3.8, 4) is 0 Å². The Labute approximate surface area is 197 Å². The molecule has 3 heterocycles. The van der Waals surface area contributed by atoms with Crippen LogP contribution in [0.4, 0.5) is 0 Å². The van der Waals surface area contributed by atoms with Crippen molar-refractivity contribution in [3.05, 3.63) is 22.4 Å². The average Bonchev–Trinajstić information content (AvgIpc) is 3.23. The first-order valence-corrected chi connectivity index (χ1v) is 11.5. The quantitative estimate of drug-likeness (QED) is 0.320. The first-order valence-electron chi connectivity index (χ1n) is 10.6. The fourth-order valence-corrected chi connectivity index (χ4v) is 4.76. The summed E-state index contributed by atoms with van der Waals surface area (Å²) >= 11 is 1.86. The fourth-order valence-electron chi connectivity index (χ4n) is 4.01. The number of thiophene rings is 1. The molecule has 0 bridgehead atoms. The summed E-state index contributed by atoms with van der Waals surface area (Å²) in [7, 11) is 1.86. The van der Waals surface area contributed by atoms with Crippen LogP contribution in [0, 0.1) is 5.92 Å². The van der Waals surface area contributed by atoms with Crippen LogP contribution in [0.3, 0.4) is 0 Å². The molecule has 3 rings (SSSR count). The molecule has 0 amide bonds. The van der Waals surface area contributed by atoms with Gasteiger partial charge >= 0.3 is 0 Å². The Hall–Kier alpha value is -0.420. The molecular formula is C21H38IN5OS. The first-order chi connectivity index (χ1) is 13.6. The van der Waals surface area contributed by atoms with Crippen LogP contribution in [0.25, 0.3) is 0 Å². The highest BCUT2D eigenvalue weighted by Gasteiger charge is 2.28. The van der Waals surface area contributed by atoms with Crippen LogP contribution in [-0.2, 0) is 11.3 Å². The van der Waals surface area contributed by atoms with Crippen LogP contribution in [0.2, 0.25) is 0 Å². The van der Waals surface area contributed by atoms with E-state index in [0.717, 1.165) is 57.8 Å². The number of nitrogens with one attached hydrogen (secondary N) is 2. The van der Waals surface area contributed by atoms with Crippen molar-refractivity contribution in [2.24, 2.45) is 10.9 Å². The SMILES string of the molecule is CN=C(NCC1CCN(Cc2cccs2)CC1)NCC(C)(C)N1CCOCC1.I. The van der Waals surface area contributed by atoms with E-state index >= 15 is 0 Å². The zero-order valence-corrected chi connectivity index (χ0v) is 21.3. The van der Waals surface area contributed by atoms with Crippen molar-refractivity contribution in [1.29, 1.82) is 0 Å². The fraction of sp³-hybridized carbons (Fsp3) is 0.762. The molecule has 0 saturated carbocycles. The van der Waals surface area contributed by atoms with Gasteiger partial charge in [-0.05, 0) is 57.1 Å². The lowest BCUT2D eigenvalue weighted by molar-refractivity contribution is -0.00834. The van der Waals surface area contributed by atoms with Gasteiger partial charge in [0.15, 0.2) is 5.96 Å². The lowest BCUT2D eigenvalue weighted by atomic mass is 9.97. The second-order valence-electron chi connectivity index (χ2n) is 8.52. The minimum Gasteiger partial charge on any atom is -0.379 e. The van der Waals surface area contributed by atoms with Crippen LogP contribution >= 0.6 is 35.3 Å². The molecule has 1 aromatic rings. The summed E-state index contributed by atoms with van der Waals surface area (Å²) in [6, 6.07) is 4.39. The van der Waals surface area contributed by atoms with E-state index in [1.807, 2.05) is 18.4 Å². The standard InChI is InChI=1S/C21H37N5OS.HI/c1-21(2,26-10-12-27-13-11-26)17-24-20(22-3)23-15-18-6-8-25(9-7-18)16-19-5-4-14-28-19;/h4-5,14,18H,6-13,15-17H2,1-3H3,(H2,22,23,24);1H. The Morgan fingerprint density at radius 1 is 1.21 bits per heavy atom. The number of morpholine rings is 1. The maximum Gasteiger partial charge on any atom is 0.191 e. The van der Waals surface area contributed by atoms with Gasteiger partial charge in [0.1, 0.15) is 0 Å². The Morgan fingerprint density at radius 2 is 1.93 bits per heavy atom. The number of rotatable bonds is 7. The monoisotopic (exact) mass is 535 g/mol. The molecule has 29 heavy (non-hydrogen) atoms. The van der Waals surface area contributed by atoms with Crippen molar-refractivity contribution in [2.45, 2.75) is 38.8 Å². The summed E-state index contributed by atoms with van der Waals surface area (Å²) in [4.78, 5) is 11.0. The summed E-state index contributed by atoms with van der Waals surface area (Å²) in [5.74, 6) is 1.65. The second-order valence-corrected chi connectivity index (χ2v) is 9.55. The molecule has 2 N–H and O–H groups in total. The molecule has 0 atom stereocenters. The van der Waals surface area contributed by atoms with Crippen LogP contribution in [0.1, 0.15) is 31.6 Å². The van der Waals surface area contributed by atoms with Gasteiger partial charge in [-0.25, -0.2) is 0 Å². The lowest BCUT2D eigenvalue weighted by Crippen LogP contribution is -2.56. The molecule has 2 aliphatic rings. The van der Waals surface area contributed by atoms with Crippen molar-refractivity contribution >= 4 is 41.3 Å². The zero-order chi connectivity index (χ0) is 19.8. The third kappa shape index (κ3) is 7.97. The predicted octanol–water partition coefficient (Wildman–Crippen LogP) is 2.85. The zero-order valence-electron chi connectivity index (χ0n) is 18.2. The average molecular weight is 536 g/mol. The first kappa shape index (κ1) is 24.8.